The zero-order valence-corrected chi connectivity index (χ0v) is 14.4. The van der Waals surface area contributed by atoms with Crippen LogP contribution in [0.15, 0.2) is 47.5 Å². The first-order valence-corrected chi connectivity index (χ1v) is 7.18. The van der Waals surface area contributed by atoms with Crippen molar-refractivity contribution in [1.82, 2.24) is 4.90 Å². The maximum absolute atomic E-state index is 5.93. The molecule has 2 aromatic rings. The van der Waals surface area contributed by atoms with Crippen molar-refractivity contribution < 1.29 is 4.74 Å². The van der Waals surface area contributed by atoms with Crippen LogP contribution in [0.1, 0.15) is 18.1 Å². The van der Waals surface area contributed by atoms with Crippen LogP contribution < -0.4 is 4.74 Å². The van der Waals surface area contributed by atoms with Crippen molar-refractivity contribution in [2.45, 2.75) is 20.8 Å². The summed E-state index contributed by atoms with van der Waals surface area (Å²) in [6, 6.07) is 13.9. The van der Waals surface area contributed by atoms with E-state index in [-0.39, 0.29) is 12.4 Å². The van der Waals surface area contributed by atoms with E-state index < -0.39 is 0 Å². The smallest absolute Gasteiger partial charge is 0.130 e. The molecule has 0 aliphatic carbocycles. The molecule has 0 saturated heterocycles. The van der Waals surface area contributed by atoms with Gasteiger partial charge in [-0.3, -0.25) is 0 Å². The Morgan fingerprint density at radius 2 is 1.77 bits per heavy atom. The first-order chi connectivity index (χ1) is 10.1. The Kier molecular flexibility index (Phi) is 6.93. The van der Waals surface area contributed by atoms with Crippen LogP contribution in [0, 0.1) is 13.8 Å². The summed E-state index contributed by atoms with van der Waals surface area (Å²) in [5.74, 6) is 1.73. The number of hydrogen-bond acceptors (Lipinski definition) is 2. The quantitative estimate of drug-likeness (QED) is 0.564. The van der Waals surface area contributed by atoms with Crippen LogP contribution in [-0.4, -0.2) is 24.8 Å². The van der Waals surface area contributed by atoms with Gasteiger partial charge in [-0.1, -0.05) is 18.2 Å². The van der Waals surface area contributed by atoms with E-state index in [2.05, 4.69) is 24.9 Å². The van der Waals surface area contributed by atoms with Crippen LogP contribution in [0.4, 0.5) is 5.69 Å². The molecule has 0 unspecified atom stereocenters. The minimum atomic E-state index is 0. The highest BCUT2D eigenvalue weighted by atomic mass is 35.5. The summed E-state index contributed by atoms with van der Waals surface area (Å²) in [5, 5.41) is 0. The van der Waals surface area contributed by atoms with Crippen LogP contribution in [0.2, 0.25) is 0 Å². The lowest BCUT2D eigenvalue weighted by Gasteiger charge is -2.12. The van der Waals surface area contributed by atoms with Crippen LogP contribution in [0.3, 0.4) is 0 Å². The summed E-state index contributed by atoms with van der Waals surface area (Å²) < 4.78 is 5.93. The molecule has 0 spiro atoms. The van der Waals surface area contributed by atoms with E-state index in [1.807, 2.05) is 61.6 Å². The lowest BCUT2D eigenvalue weighted by Crippen LogP contribution is -2.14. The molecular formula is C18H23ClN2O. The predicted molar refractivity (Wildman–Crippen MR) is 96.1 cm³/mol. The number of hydrogen-bond donors (Lipinski definition) is 0. The Morgan fingerprint density at radius 1 is 1.09 bits per heavy atom. The van der Waals surface area contributed by atoms with Gasteiger partial charge in [0.1, 0.15) is 11.5 Å². The van der Waals surface area contributed by atoms with E-state index in [1.165, 1.54) is 0 Å². The molecule has 0 radical (unpaired) electrons. The molecule has 2 rings (SSSR count). The van der Waals surface area contributed by atoms with E-state index in [0.29, 0.717) is 0 Å². The molecular weight excluding hydrogens is 296 g/mol. The van der Waals surface area contributed by atoms with Gasteiger partial charge in [0.2, 0.25) is 0 Å². The summed E-state index contributed by atoms with van der Waals surface area (Å²) >= 11 is 0. The Labute approximate surface area is 139 Å². The lowest BCUT2D eigenvalue weighted by atomic mass is 10.1. The van der Waals surface area contributed by atoms with Crippen molar-refractivity contribution in [3.8, 4) is 11.5 Å². The fourth-order valence-corrected chi connectivity index (χ4v) is 1.88. The minimum Gasteiger partial charge on any atom is -0.457 e. The first-order valence-electron chi connectivity index (χ1n) is 7.18. The standard InChI is InChI=1S/C18H22N2O.ClH/c1-5-20(4)13-19-17-11-15(3)18(12-14(17)2)21-16-9-7-6-8-10-16;/h6-13H,5H2,1-4H3;1H. The highest BCUT2D eigenvalue weighted by Gasteiger charge is 2.06. The molecule has 0 aliphatic rings. The SMILES string of the molecule is CCN(C)C=Nc1cc(C)c(Oc2ccccc2)cc1C.Cl. The van der Waals surface area contributed by atoms with E-state index in [0.717, 1.165) is 34.9 Å². The van der Waals surface area contributed by atoms with Gasteiger partial charge in [-0.2, -0.15) is 0 Å². The van der Waals surface area contributed by atoms with Crippen LogP contribution in [0.25, 0.3) is 0 Å². The summed E-state index contributed by atoms with van der Waals surface area (Å²) in [7, 11) is 2.01. The topological polar surface area (TPSA) is 24.8 Å². The number of ether oxygens (including phenoxy) is 1. The number of rotatable bonds is 5. The summed E-state index contributed by atoms with van der Waals surface area (Å²) in [6.45, 7) is 7.13. The zero-order valence-electron chi connectivity index (χ0n) is 13.5. The van der Waals surface area contributed by atoms with Crippen molar-refractivity contribution >= 4 is 24.4 Å². The molecule has 22 heavy (non-hydrogen) atoms. The number of benzene rings is 2. The maximum atomic E-state index is 5.93. The Hall–Kier alpha value is -2.00. The van der Waals surface area contributed by atoms with Crippen molar-refractivity contribution in [2.75, 3.05) is 13.6 Å². The maximum Gasteiger partial charge on any atom is 0.130 e. The predicted octanol–water partition coefficient (Wildman–Crippen LogP) is 5.13. The van der Waals surface area contributed by atoms with Crippen LogP contribution in [0.5, 0.6) is 11.5 Å². The average molecular weight is 319 g/mol. The molecule has 2 aromatic carbocycles. The largest absolute Gasteiger partial charge is 0.457 e. The number of halogens is 1. The van der Waals surface area contributed by atoms with Gasteiger partial charge in [0, 0.05) is 13.6 Å². The number of nitrogens with zero attached hydrogens (tertiary/aromatic N) is 2. The highest BCUT2D eigenvalue weighted by Crippen LogP contribution is 2.31. The molecule has 118 valence electrons. The van der Waals surface area contributed by atoms with Crippen molar-refractivity contribution in [3.05, 3.63) is 53.6 Å². The monoisotopic (exact) mass is 318 g/mol. The van der Waals surface area contributed by atoms with E-state index in [9.17, 15) is 0 Å². The molecule has 0 amide bonds. The van der Waals surface area contributed by atoms with Crippen LogP contribution >= 0.6 is 12.4 Å². The Bertz CT molecular complexity index is 626. The number of aryl methyl sites for hydroxylation is 2. The third-order valence-corrected chi connectivity index (χ3v) is 3.36. The van der Waals surface area contributed by atoms with Crippen molar-refractivity contribution in [1.29, 1.82) is 0 Å². The normalized spacial score (nSPS) is 10.4. The fourth-order valence-electron chi connectivity index (χ4n) is 1.88. The number of aliphatic imine (C=N–C) groups is 1. The molecule has 0 bridgehead atoms. The third kappa shape index (κ3) is 4.78. The van der Waals surface area contributed by atoms with Gasteiger partial charge >= 0.3 is 0 Å². The lowest BCUT2D eigenvalue weighted by molar-refractivity contribution is 0.478. The molecule has 0 atom stereocenters. The summed E-state index contributed by atoms with van der Waals surface area (Å²) in [6.07, 6.45) is 1.86. The molecule has 0 aliphatic heterocycles. The average Bonchev–Trinajstić information content (AvgIpc) is 2.50. The second-order valence-corrected chi connectivity index (χ2v) is 5.14. The van der Waals surface area contributed by atoms with E-state index in [4.69, 9.17) is 4.74 Å². The molecule has 0 aromatic heterocycles. The van der Waals surface area contributed by atoms with E-state index in [1.54, 1.807) is 0 Å². The molecule has 0 fully saturated rings. The Balaban J connectivity index is 0.00000242. The molecule has 0 heterocycles. The molecule has 0 saturated carbocycles. The van der Waals surface area contributed by atoms with Gasteiger partial charge in [0.15, 0.2) is 0 Å². The minimum absolute atomic E-state index is 0. The van der Waals surface area contributed by atoms with Crippen LogP contribution in [-0.2, 0) is 0 Å². The first kappa shape index (κ1) is 18.1. The number of para-hydroxylation sites is 1. The van der Waals surface area contributed by atoms with Gasteiger partial charge in [0.05, 0.1) is 12.0 Å². The van der Waals surface area contributed by atoms with E-state index >= 15 is 0 Å². The van der Waals surface area contributed by atoms with Gasteiger partial charge in [-0.15, -0.1) is 12.4 Å². The molecule has 0 N–H and O–H groups in total. The third-order valence-electron chi connectivity index (χ3n) is 3.36. The van der Waals surface area contributed by atoms with Gasteiger partial charge < -0.3 is 9.64 Å². The summed E-state index contributed by atoms with van der Waals surface area (Å²) in [5.41, 5.74) is 3.16. The summed E-state index contributed by atoms with van der Waals surface area (Å²) in [4.78, 5) is 6.58. The van der Waals surface area contributed by atoms with Crippen molar-refractivity contribution in [3.63, 3.8) is 0 Å². The second-order valence-electron chi connectivity index (χ2n) is 5.14. The van der Waals surface area contributed by atoms with Gasteiger partial charge in [0.25, 0.3) is 0 Å². The highest BCUT2D eigenvalue weighted by molar-refractivity contribution is 5.85. The van der Waals surface area contributed by atoms with Crippen molar-refractivity contribution in [2.24, 2.45) is 4.99 Å². The van der Waals surface area contributed by atoms with Gasteiger partial charge in [-0.25, -0.2) is 4.99 Å². The Morgan fingerprint density at radius 3 is 2.41 bits per heavy atom. The second kappa shape index (κ2) is 8.44. The molecule has 4 heteroatoms. The zero-order chi connectivity index (χ0) is 15.2. The molecule has 3 nitrogen and oxygen atoms in total. The fraction of sp³-hybridized carbons (Fsp3) is 0.278. The van der Waals surface area contributed by atoms with Gasteiger partial charge in [-0.05, 0) is 56.2 Å².